The summed E-state index contributed by atoms with van der Waals surface area (Å²) in [5, 5.41) is 2.87. The lowest BCUT2D eigenvalue weighted by atomic mass is 9.68. The molecule has 1 aliphatic carbocycles. The number of alkyl carbamates (subject to hydrolysis) is 1. The van der Waals surface area contributed by atoms with Crippen molar-refractivity contribution in [3.05, 3.63) is 35.4 Å². The van der Waals surface area contributed by atoms with Crippen molar-refractivity contribution in [1.82, 2.24) is 10.2 Å². The fraction of sp³-hybridized carbons (Fsp3) is 0.636. The standard InChI is InChI=1S/C22H30N2O3/c1-21(2,3)18-6-4-15(5-7-18)16-8-10-24(11-9-16)19(25)17-12-22(13-17)14-27-20(26)23-22/h4-7,16-17H,8-14H2,1-3H3,(H,23,26)/t17-,22+. The second kappa shape index (κ2) is 6.54. The molecule has 3 aliphatic rings. The number of piperidine rings is 1. The van der Waals surface area contributed by atoms with Gasteiger partial charge in [-0.1, -0.05) is 45.0 Å². The molecule has 1 saturated carbocycles. The zero-order valence-corrected chi connectivity index (χ0v) is 16.6. The third-order valence-corrected chi connectivity index (χ3v) is 6.53. The van der Waals surface area contributed by atoms with Crippen molar-refractivity contribution in [3.8, 4) is 0 Å². The summed E-state index contributed by atoms with van der Waals surface area (Å²) in [5.41, 5.74) is 2.66. The van der Waals surface area contributed by atoms with Crippen LogP contribution in [-0.4, -0.2) is 42.1 Å². The minimum absolute atomic E-state index is 0.0367. The molecule has 0 unspecified atom stereocenters. The van der Waals surface area contributed by atoms with Crippen molar-refractivity contribution in [2.24, 2.45) is 5.92 Å². The average molecular weight is 370 g/mol. The fourth-order valence-electron chi connectivity index (χ4n) is 4.72. The quantitative estimate of drug-likeness (QED) is 0.866. The van der Waals surface area contributed by atoms with Crippen LogP contribution < -0.4 is 5.32 Å². The highest BCUT2D eigenvalue weighted by atomic mass is 16.6. The van der Waals surface area contributed by atoms with Gasteiger partial charge in [0.25, 0.3) is 0 Å². The van der Waals surface area contributed by atoms with Gasteiger partial charge in [0.05, 0.1) is 5.54 Å². The Hall–Kier alpha value is -2.04. The zero-order chi connectivity index (χ0) is 19.2. The number of carbonyl (C=O) groups is 2. The lowest BCUT2D eigenvalue weighted by Gasteiger charge is -2.45. The molecule has 2 aliphatic heterocycles. The summed E-state index contributed by atoms with van der Waals surface area (Å²) in [4.78, 5) is 26.0. The van der Waals surface area contributed by atoms with E-state index in [9.17, 15) is 9.59 Å². The Morgan fingerprint density at radius 2 is 1.78 bits per heavy atom. The van der Waals surface area contributed by atoms with Gasteiger partial charge >= 0.3 is 6.09 Å². The molecular weight excluding hydrogens is 340 g/mol. The molecule has 1 aromatic rings. The van der Waals surface area contributed by atoms with Crippen LogP contribution in [-0.2, 0) is 14.9 Å². The van der Waals surface area contributed by atoms with Gasteiger partial charge in [0, 0.05) is 19.0 Å². The number of hydrogen-bond donors (Lipinski definition) is 1. The first kappa shape index (κ1) is 18.3. The Labute approximate surface area is 161 Å². The molecule has 1 N–H and O–H groups in total. The van der Waals surface area contributed by atoms with Crippen LogP contribution in [0.4, 0.5) is 4.79 Å². The molecule has 146 valence electrons. The van der Waals surface area contributed by atoms with E-state index < -0.39 is 0 Å². The van der Waals surface area contributed by atoms with Gasteiger partial charge in [-0.2, -0.15) is 0 Å². The van der Waals surface area contributed by atoms with E-state index in [1.807, 2.05) is 4.90 Å². The molecule has 0 atom stereocenters. The van der Waals surface area contributed by atoms with E-state index in [1.165, 1.54) is 11.1 Å². The van der Waals surface area contributed by atoms with Gasteiger partial charge < -0.3 is 15.0 Å². The summed E-state index contributed by atoms with van der Waals surface area (Å²) < 4.78 is 5.00. The molecule has 5 heteroatoms. The summed E-state index contributed by atoms with van der Waals surface area (Å²) in [6.07, 6.45) is 3.13. The average Bonchev–Trinajstić information content (AvgIpc) is 3.02. The molecule has 0 bridgehead atoms. The number of cyclic esters (lactones) is 1. The Morgan fingerprint density at radius 3 is 2.30 bits per heavy atom. The summed E-state index contributed by atoms with van der Waals surface area (Å²) in [7, 11) is 0. The van der Waals surface area contributed by atoms with Crippen LogP contribution in [0.3, 0.4) is 0 Å². The maximum Gasteiger partial charge on any atom is 0.407 e. The maximum atomic E-state index is 12.8. The topological polar surface area (TPSA) is 58.6 Å². The van der Waals surface area contributed by atoms with Crippen LogP contribution in [0.1, 0.15) is 63.5 Å². The second-order valence-corrected chi connectivity index (χ2v) is 9.56. The number of ether oxygens (including phenoxy) is 1. The highest BCUT2D eigenvalue weighted by Gasteiger charge is 2.53. The second-order valence-electron chi connectivity index (χ2n) is 9.56. The van der Waals surface area contributed by atoms with Gasteiger partial charge in [0.2, 0.25) is 5.91 Å². The number of hydrogen-bond acceptors (Lipinski definition) is 3. The number of likely N-dealkylation sites (tertiary alicyclic amines) is 1. The van der Waals surface area contributed by atoms with Crippen LogP contribution in [0.5, 0.6) is 0 Å². The van der Waals surface area contributed by atoms with Gasteiger partial charge in [-0.15, -0.1) is 0 Å². The van der Waals surface area contributed by atoms with Gasteiger partial charge in [0.15, 0.2) is 0 Å². The fourth-order valence-corrected chi connectivity index (χ4v) is 4.72. The van der Waals surface area contributed by atoms with Crippen molar-refractivity contribution in [2.45, 2.75) is 63.3 Å². The van der Waals surface area contributed by atoms with Crippen LogP contribution in [0.25, 0.3) is 0 Å². The van der Waals surface area contributed by atoms with Crippen LogP contribution in [0, 0.1) is 5.92 Å². The van der Waals surface area contributed by atoms with Crippen molar-refractivity contribution in [1.29, 1.82) is 0 Å². The monoisotopic (exact) mass is 370 g/mol. The first-order valence-corrected chi connectivity index (χ1v) is 10.1. The first-order valence-electron chi connectivity index (χ1n) is 10.1. The van der Waals surface area contributed by atoms with Gasteiger partial charge in [-0.05, 0) is 48.1 Å². The van der Waals surface area contributed by atoms with E-state index in [1.54, 1.807) is 0 Å². The molecule has 1 spiro atoms. The Bertz CT molecular complexity index is 721. The van der Waals surface area contributed by atoms with E-state index in [0.29, 0.717) is 25.4 Å². The molecular formula is C22H30N2O3. The molecule has 0 radical (unpaired) electrons. The zero-order valence-electron chi connectivity index (χ0n) is 16.6. The lowest BCUT2D eigenvalue weighted by molar-refractivity contribution is -0.142. The summed E-state index contributed by atoms with van der Waals surface area (Å²) >= 11 is 0. The number of benzene rings is 1. The summed E-state index contributed by atoms with van der Waals surface area (Å²) in [6, 6.07) is 9.03. The van der Waals surface area contributed by atoms with Gasteiger partial charge in [-0.3, -0.25) is 4.79 Å². The van der Waals surface area contributed by atoms with Crippen LogP contribution in [0.15, 0.2) is 24.3 Å². The summed E-state index contributed by atoms with van der Waals surface area (Å²) in [6.45, 7) is 8.77. The molecule has 5 nitrogen and oxygen atoms in total. The largest absolute Gasteiger partial charge is 0.447 e. The Morgan fingerprint density at radius 1 is 1.15 bits per heavy atom. The molecule has 0 aromatic heterocycles. The van der Waals surface area contributed by atoms with Crippen molar-refractivity contribution in [2.75, 3.05) is 19.7 Å². The minimum Gasteiger partial charge on any atom is -0.447 e. The van der Waals surface area contributed by atoms with Crippen molar-refractivity contribution >= 4 is 12.0 Å². The van der Waals surface area contributed by atoms with Gasteiger partial charge in [-0.25, -0.2) is 4.79 Å². The minimum atomic E-state index is -0.348. The molecule has 2 amide bonds. The lowest BCUT2D eigenvalue weighted by Crippen LogP contribution is -2.58. The third kappa shape index (κ3) is 3.56. The highest BCUT2D eigenvalue weighted by molar-refractivity contribution is 5.81. The Balaban J connectivity index is 1.29. The number of rotatable bonds is 2. The molecule has 2 saturated heterocycles. The maximum absolute atomic E-state index is 12.8. The Kier molecular flexibility index (Phi) is 4.44. The summed E-state index contributed by atoms with van der Waals surface area (Å²) in [5.74, 6) is 0.830. The van der Waals surface area contributed by atoms with E-state index >= 15 is 0 Å². The molecule has 27 heavy (non-hydrogen) atoms. The van der Waals surface area contributed by atoms with Crippen LogP contribution in [0.2, 0.25) is 0 Å². The normalized spacial score (nSPS) is 28.6. The SMILES string of the molecule is CC(C)(C)c1ccc(C2CCN(C(=O)[C@H]3C[C@]4(COC(=O)N4)C3)CC2)cc1. The number of nitrogens with one attached hydrogen (secondary N) is 1. The molecule has 4 rings (SSSR count). The predicted octanol–water partition coefficient (Wildman–Crippen LogP) is 3.58. The molecule has 3 fully saturated rings. The van der Waals surface area contributed by atoms with Gasteiger partial charge in [0.1, 0.15) is 6.61 Å². The number of nitrogens with zero attached hydrogens (tertiary/aromatic N) is 1. The smallest absolute Gasteiger partial charge is 0.407 e. The number of amides is 2. The van der Waals surface area contributed by atoms with Crippen molar-refractivity contribution < 1.29 is 14.3 Å². The van der Waals surface area contributed by atoms with E-state index in [-0.39, 0.29) is 28.9 Å². The third-order valence-electron chi connectivity index (χ3n) is 6.53. The number of carbonyl (C=O) groups excluding carboxylic acids is 2. The first-order chi connectivity index (χ1) is 12.8. The van der Waals surface area contributed by atoms with Crippen LogP contribution >= 0.6 is 0 Å². The molecule has 2 heterocycles. The molecule has 1 aromatic carbocycles. The predicted molar refractivity (Wildman–Crippen MR) is 104 cm³/mol. The highest BCUT2D eigenvalue weighted by Crippen LogP contribution is 2.42. The van der Waals surface area contributed by atoms with E-state index in [4.69, 9.17) is 4.74 Å². The van der Waals surface area contributed by atoms with E-state index in [2.05, 4.69) is 50.4 Å². The van der Waals surface area contributed by atoms with Crippen molar-refractivity contribution in [3.63, 3.8) is 0 Å². The van der Waals surface area contributed by atoms with E-state index in [0.717, 1.165) is 25.9 Å².